The van der Waals surface area contributed by atoms with Gasteiger partial charge in [-0.05, 0) is 35.6 Å². The third-order valence-electron chi connectivity index (χ3n) is 2.49. The maximum Gasteiger partial charge on any atom is 0.0406 e. The van der Waals surface area contributed by atoms with Crippen LogP contribution >= 0.6 is 11.6 Å². The molecule has 0 heterocycles. The molecule has 0 nitrogen and oxygen atoms in total. The van der Waals surface area contributed by atoms with Crippen LogP contribution in [0.3, 0.4) is 0 Å². The van der Waals surface area contributed by atoms with Gasteiger partial charge < -0.3 is 0 Å². The number of allylic oxidation sites excluding steroid dienone is 4. The van der Waals surface area contributed by atoms with Gasteiger partial charge in [-0.3, -0.25) is 0 Å². The number of rotatable bonds is 1. The summed E-state index contributed by atoms with van der Waals surface area (Å²) in [6.07, 6.45) is 7.86. The molecular weight excluding hydrogens is 192 g/mol. The smallest absolute Gasteiger partial charge is 0.0406 e. The average Bonchev–Trinajstić information content (AvgIpc) is 2.21. The van der Waals surface area contributed by atoms with Crippen molar-refractivity contribution in [3.63, 3.8) is 0 Å². The lowest BCUT2D eigenvalue weighted by molar-refractivity contribution is 0.739. The first kappa shape index (κ1) is 9.54. The average molecular weight is 205 g/mol. The molecule has 0 radical (unpaired) electrons. The summed E-state index contributed by atoms with van der Waals surface area (Å²) < 4.78 is 0. The summed E-state index contributed by atoms with van der Waals surface area (Å²) in [7, 11) is 0. The predicted molar refractivity (Wildman–Crippen MR) is 62.4 cm³/mol. The van der Waals surface area contributed by atoms with Gasteiger partial charge in [-0.2, -0.15) is 0 Å². The first-order valence-corrected chi connectivity index (χ1v) is 5.28. The molecule has 72 valence electrons. The summed E-state index contributed by atoms with van der Waals surface area (Å²) in [6, 6.07) is 8.00. The monoisotopic (exact) mass is 204 g/mol. The quantitative estimate of drug-likeness (QED) is 0.639. The van der Waals surface area contributed by atoms with Crippen LogP contribution in [0.2, 0.25) is 5.02 Å². The predicted octanol–water partition coefficient (Wildman–Crippen LogP) is 4.32. The fourth-order valence-electron chi connectivity index (χ4n) is 1.58. The minimum absolute atomic E-state index is 0.672. The minimum atomic E-state index is 0.672. The topological polar surface area (TPSA) is 0 Å². The Labute approximate surface area is 89.9 Å². The highest BCUT2D eigenvalue weighted by Gasteiger charge is 2.04. The molecule has 1 unspecified atom stereocenters. The molecule has 0 bridgehead atoms. The Morgan fingerprint density at radius 1 is 1.21 bits per heavy atom. The fraction of sp³-hybridized carbons (Fsp3) is 0.231. The molecule has 0 saturated carbocycles. The Morgan fingerprint density at radius 3 is 2.50 bits per heavy atom. The van der Waals surface area contributed by atoms with Gasteiger partial charge in [0, 0.05) is 5.02 Å². The third-order valence-corrected chi connectivity index (χ3v) is 2.74. The molecule has 1 aromatic rings. The number of benzene rings is 1. The van der Waals surface area contributed by atoms with Crippen LogP contribution < -0.4 is 0 Å². The highest BCUT2D eigenvalue weighted by molar-refractivity contribution is 6.30. The van der Waals surface area contributed by atoms with E-state index in [4.69, 9.17) is 11.6 Å². The summed E-state index contributed by atoms with van der Waals surface area (Å²) in [5.41, 5.74) is 2.55. The van der Waals surface area contributed by atoms with Crippen molar-refractivity contribution in [1.29, 1.82) is 0 Å². The Balaban J connectivity index is 2.24. The number of hydrogen-bond donors (Lipinski definition) is 0. The van der Waals surface area contributed by atoms with Crippen LogP contribution in [0.15, 0.2) is 42.5 Å². The molecule has 0 amide bonds. The van der Waals surface area contributed by atoms with Crippen LogP contribution in [0, 0.1) is 5.92 Å². The Morgan fingerprint density at radius 2 is 1.93 bits per heavy atom. The summed E-state index contributed by atoms with van der Waals surface area (Å²) in [5, 5.41) is 0.794. The molecule has 1 atom stereocenters. The molecule has 14 heavy (non-hydrogen) atoms. The maximum atomic E-state index is 5.84. The molecule has 1 aromatic carbocycles. The van der Waals surface area contributed by atoms with Crippen LogP contribution in [0.5, 0.6) is 0 Å². The highest BCUT2D eigenvalue weighted by atomic mass is 35.5. The van der Waals surface area contributed by atoms with Gasteiger partial charge in [-0.25, -0.2) is 0 Å². The van der Waals surface area contributed by atoms with Gasteiger partial charge in [0.1, 0.15) is 0 Å². The Hall–Kier alpha value is -1.01. The zero-order chi connectivity index (χ0) is 9.97. The second-order valence-corrected chi connectivity index (χ2v) is 4.17. The van der Waals surface area contributed by atoms with E-state index in [0.717, 1.165) is 11.4 Å². The zero-order valence-corrected chi connectivity index (χ0v) is 8.96. The molecule has 0 fully saturated rings. The van der Waals surface area contributed by atoms with Crippen molar-refractivity contribution in [2.45, 2.75) is 13.3 Å². The standard InChI is InChI=1S/C13H13Cl/c1-10-2-4-11(5-3-10)12-6-8-13(14)9-7-12/h2,4-10H,3H2,1H3. The van der Waals surface area contributed by atoms with Gasteiger partial charge in [0.25, 0.3) is 0 Å². The van der Waals surface area contributed by atoms with E-state index in [1.54, 1.807) is 0 Å². The van der Waals surface area contributed by atoms with Gasteiger partial charge in [0.05, 0.1) is 0 Å². The normalized spacial score (nSPS) is 20.7. The molecular formula is C13H13Cl. The largest absolute Gasteiger partial charge is 0.0843 e. The van der Waals surface area contributed by atoms with Crippen molar-refractivity contribution in [2.24, 2.45) is 5.92 Å². The van der Waals surface area contributed by atoms with E-state index in [-0.39, 0.29) is 0 Å². The molecule has 0 aromatic heterocycles. The second-order valence-electron chi connectivity index (χ2n) is 3.74. The van der Waals surface area contributed by atoms with E-state index < -0.39 is 0 Å². The molecule has 1 aliphatic rings. The van der Waals surface area contributed by atoms with Gasteiger partial charge in [0.2, 0.25) is 0 Å². The molecule has 1 heteroatoms. The Kier molecular flexibility index (Phi) is 2.74. The number of hydrogen-bond acceptors (Lipinski definition) is 0. The van der Waals surface area contributed by atoms with Crippen LogP contribution in [-0.2, 0) is 0 Å². The first-order valence-electron chi connectivity index (χ1n) is 4.90. The van der Waals surface area contributed by atoms with Crippen molar-refractivity contribution >= 4 is 17.2 Å². The van der Waals surface area contributed by atoms with Crippen molar-refractivity contribution < 1.29 is 0 Å². The van der Waals surface area contributed by atoms with Crippen LogP contribution in [0.4, 0.5) is 0 Å². The summed E-state index contributed by atoms with van der Waals surface area (Å²) in [4.78, 5) is 0. The van der Waals surface area contributed by atoms with Gasteiger partial charge >= 0.3 is 0 Å². The van der Waals surface area contributed by atoms with E-state index in [9.17, 15) is 0 Å². The lowest BCUT2D eigenvalue weighted by atomic mass is 9.94. The van der Waals surface area contributed by atoms with Crippen LogP contribution in [0.1, 0.15) is 18.9 Å². The fourth-order valence-corrected chi connectivity index (χ4v) is 1.71. The maximum absolute atomic E-state index is 5.84. The van der Waals surface area contributed by atoms with Crippen molar-refractivity contribution in [3.8, 4) is 0 Å². The molecule has 1 aliphatic carbocycles. The molecule has 0 aliphatic heterocycles. The Bertz CT molecular complexity index is 371. The molecule has 0 N–H and O–H groups in total. The van der Waals surface area contributed by atoms with E-state index in [1.807, 2.05) is 12.1 Å². The minimum Gasteiger partial charge on any atom is -0.0843 e. The summed E-state index contributed by atoms with van der Waals surface area (Å²) in [5.74, 6) is 0.672. The SMILES string of the molecule is CC1C=CC(c2ccc(Cl)cc2)=CC1. The second kappa shape index (κ2) is 4.02. The van der Waals surface area contributed by atoms with E-state index >= 15 is 0 Å². The van der Waals surface area contributed by atoms with Crippen molar-refractivity contribution in [3.05, 3.63) is 53.1 Å². The molecule has 0 spiro atoms. The highest BCUT2D eigenvalue weighted by Crippen LogP contribution is 2.24. The van der Waals surface area contributed by atoms with E-state index in [1.165, 1.54) is 11.1 Å². The first-order chi connectivity index (χ1) is 6.75. The van der Waals surface area contributed by atoms with E-state index in [2.05, 4.69) is 37.3 Å². The molecule has 0 saturated heterocycles. The van der Waals surface area contributed by atoms with E-state index in [0.29, 0.717) is 5.92 Å². The number of halogens is 1. The lowest BCUT2D eigenvalue weighted by Crippen LogP contribution is -1.93. The summed E-state index contributed by atoms with van der Waals surface area (Å²) >= 11 is 5.84. The lowest BCUT2D eigenvalue weighted by Gasteiger charge is -2.11. The zero-order valence-electron chi connectivity index (χ0n) is 8.20. The summed E-state index contributed by atoms with van der Waals surface area (Å²) in [6.45, 7) is 2.23. The molecule has 2 rings (SSSR count). The van der Waals surface area contributed by atoms with Gasteiger partial charge in [-0.1, -0.05) is 48.9 Å². The van der Waals surface area contributed by atoms with Crippen LogP contribution in [-0.4, -0.2) is 0 Å². The van der Waals surface area contributed by atoms with Gasteiger partial charge in [-0.15, -0.1) is 0 Å². The third kappa shape index (κ3) is 2.08. The van der Waals surface area contributed by atoms with Crippen LogP contribution in [0.25, 0.3) is 5.57 Å². The van der Waals surface area contributed by atoms with Gasteiger partial charge in [0.15, 0.2) is 0 Å². The van der Waals surface area contributed by atoms with Crippen molar-refractivity contribution in [2.75, 3.05) is 0 Å². The van der Waals surface area contributed by atoms with Crippen molar-refractivity contribution in [1.82, 2.24) is 0 Å².